The molecule has 2 heterocycles. The summed E-state index contributed by atoms with van der Waals surface area (Å²) in [4.78, 5) is 46.6. The third-order valence-corrected chi connectivity index (χ3v) is 4.01. The number of carbonyl (C=O) groups is 2. The van der Waals surface area contributed by atoms with Crippen LogP contribution in [0.5, 0.6) is 0 Å². The Kier molecular flexibility index (Phi) is 6.21. The lowest BCUT2D eigenvalue weighted by molar-refractivity contribution is -0.143. The zero-order chi connectivity index (χ0) is 19.3. The van der Waals surface area contributed by atoms with Crippen LogP contribution in [0.15, 0.2) is 29.3 Å². The topological polar surface area (TPSA) is 125 Å². The Balaban J connectivity index is 2.10. The highest BCUT2D eigenvalue weighted by molar-refractivity contribution is 5.83. The second-order valence-electron chi connectivity index (χ2n) is 6.35. The Morgan fingerprint density at radius 1 is 1.35 bits per heavy atom. The van der Waals surface area contributed by atoms with Crippen molar-refractivity contribution in [1.29, 1.82) is 0 Å². The number of carbonyl (C=O) groups excluding carboxylic acids is 1. The number of hydrogen-bond donors (Lipinski definition) is 3. The first-order valence-electron chi connectivity index (χ1n) is 8.32. The molecule has 0 bridgehead atoms. The molecule has 2 aromatic heterocycles. The average molecular weight is 358 g/mol. The van der Waals surface area contributed by atoms with Gasteiger partial charge in [0, 0.05) is 35.6 Å². The van der Waals surface area contributed by atoms with E-state index in [0.29, 0.717) is 22.6 Å². The van der Waals surface area contributed by atoms with Gasteiger partial charge in [-0.2, -0.15) is 0 Å². The van der Waals surface area contributed by atoms with Gasteiger partial charge in [0.25, 0.3) is 5.56 Å². The molecule has 0 spiro atoms. The quantitative estimate of drug-likeness (QED) is 0.685. The molecule has 3 N–H and O–H groups in total. The van der Waals surface area contributed by atoms with Gasteiger partial charge in [0.15, 0.2) is 0 Å². The molecule has 2 rings (SSSR count). The van der Waals surface area contributed by atoms with Crippen molar-refractivity contribution >= 4 is 11.9 Å². The first-order valence-corrected chi connectivity index (χ1v) is 8.32. The van der Waals surface area contributed by atoms with Gasteiger partial charge >= 0.3 is 5.97 Å². The summed E-state index contributed by atoms with van der Waals surface area (Å²) in [6.45, 7) is 5.14. The lowest BCUT2D eigenvalue weighted by Gasteiger charge is -2.17. The van der Waals surface area contributed by atoms with E-state index in [-0.39, 0.29) is 24.3 Å². The van der Waals surface area contributed by atoms with Gasteiger partial charge in [0.2, 0.25) is 5.91 Å². The number of carboxylic acids is 1. The van der Waals surface area contributed by atoms with E-state index >= 15 is 0 Å². The van der Waals surface area contributed by atoms with E-state index in [2.05, 4.69) is 20.3 Å². The molecule has 1 atom stereocenters. The normalized spacial score (nSPS) is 12.0. The van der Waals surface area contributed by atoms with Gasteiger partial charge in [-0.25, -0.2) is 9.78 Å². The fourth-order valence-electron chi connectivity index (χ4n) is 2.54. The van der Waals surface area contributed by atoms with Crippen molar-refractivity contribution in [3.05, 3.63) is 46.1 Å². The number of carboxylic acid groups (broad SMARTS) is 1. The van der Waals surface area contributed by atoms with Gasteiger partial charge in [-0.15, -0.1) is 0 Å². The highest BCUT2D eigenvalue weighted by Crippen LogP contribution is 2.13. The number of nitrogens with one attached hydrogen (secondary N) is 2. The van der Waals surface area contributed by atoms with Crippen molar-refractivity contribution in [3.63, 3.8) is 0 Å². The summed E-state index contributed by atoms with van der Waals surface area (Å²) < 4.78 is 0. The third kappa shape index (κ3) is 4.75. The number of nitrogens with zero attached hydrogens (tertiary/aromatic N) is 2. The second kappa shape index (κ2) is 8.37. The second-order valence-corrected chi connectivity index (χ2v) is 6.35. The minimum atomic E-state index is -1.08. The fraction of sp³-hybridized carbons (Fsp3) is 0.389. The molecule has 0 aromatic carbocycles. The SMILES string of the molecule is Cc1nc(-c2cccnc2)[nH]c(=O)c1CCC(=O)N[C@@H](C(=O)O)C(C)C. The van der Waals surface area contributed by atoms with Gasteiger partial charge < -0.3 is 15.4 Å². The number of aromatic amines is 1. The van der Waals surface area contributed by atoms with Gasteiger partial charge in [0.1, 0.15) is 11.9 Å². The van der Waals surface area contributed by atoms with Crippen molar-refractivity contribution < 1.29 is 14.7 Å². The monoisotopic (exact) mass is 358 g/mol. The van der Waals surface area contributed by atoms with Crippen molar-refractivity contribution in [2.24, 2.45) is 5.92 Å². The highest BCUT2D eigenvalue weighted by atomic mass is 16.4. The summed E-state index contributed by atoms with van der Waals surface area (Å²) >= 11 is 0. The number of hydrogen-bond acceptors (Lipinski definition) is 5. The number of H-pyrrole nitrogens is 1. The van der Waals surface area contributed by atoms with Crippen LogP contribution in [0, 0.1) is 12.8 Å². The summed E-state index contributed by atoms with van der Waals surface area (Å²) in [6.07, 6.45) is 3.41. The van der Waals surface area contributed by atoms with E-state index in [1.54, 1.807) is 45.3 Å². The molecule has 1 amide bonds. The van der Waals surface area contributed by atoms with E-state index in [0.717, 1.165) is 0 Å². The lowest BCUT2D eigenvalue weighted by Crippen LogP contribution is -2.44. The van der Waals surface area contributed by atoms with Crippen LogP contribution >= 0.6 is 0 Å². The molecule has 8 heteroatoms. The molecule has 8 nitrogen and oxygen atoms in total. The molecule has 0 fully saturated rings. The van der Waals surface area contributed by atoms with E-state index in [1.807, 2.05) is 0 Å². The molecule has 0 radical (unpaired) electrons. The van der Waals surface area contributed by atoms with Crippen LogP contribution in [0.1, 0.15) is 31.5 Å². The molecule has 0 aliphatic rings. The first-order chi connectivity index (χ1) is 12.3. The number of amides is 1. The Bertz CT molecular complexity index is 846. The Morgan fingerprint density at radius 2 is 2.08 bits per heavy atom. The fourth-order valence-corrected chi connectivity index (χ4v) is 2.54. The lowest BCUT2D eigenvalue weighted by atomic mass is 10.0. The number of aromatic nitrogens is 3. The Labute approximate surface area is 150 Å². The summed E-state index contributed by atoms with van der Waals surface area (Å²) in [6, 6.07) is 2.58. The maximum absolute atomic E-state index is 12.3. The summed E-state index contributed by atoms with van der Waals surface area (Å²) in [7, 11) is 0. The minimum Gasteiger partial charge on any atom is -0.480 e. The maximum atomic E-state index is 12.3. The number of aryl methyl sites for hydroxylation is 1. The van der Waals surface area contributed by atoms with Crippen LogP contribution in [0.25, 0.3) is 11.4 Å². The molecular weight excluding hydrogens is 336 g/mol. The van der Waals surface area contributed by atoms with Crippen LogP contribution in [-0.4, -0.2) is 38.0 Å². The molecule has 0 aliphatic carbocycles. The summed E-state index contributed by atoms with van der Waals surface area (Å²) in [5.74, 6) is -1.31. The summed E-state index contributed by atoms with van der Waals surface area (Å²) in [5.41, 5.74) is 1.31. The van der Waals surface area contributed by atoms with E-state index < -0.39 is 17.9 Å². The number of pyridine rings is 1. The Hall–Kier alpha value is -3.03. The molecular formula is C18H22N4O4. The van der Waals surface area contributed by atoms with Crippen LogP contribution in [0.4, 0.5) is 0 Å². The number of rotatable bonds is 7. The zero-order valence-electron chi connectivity index (χ0n) is 14.9. The predicted octanol–water partition coefficient (Wildman–Crippen LogP) is 1.30. The van der Waals surface area contributed by atoms with E-state index in [1.165, 1.54) is 0 Å². The first kappa shape index (κ1) is 19.3. The van der Waals surface area contributed by atoms with Gasteiger partial charge in [-0.1, -0.05) is 13.8 Å². The van der Waals surface area contributed by atoms with E-state index in [4.69, 9.17) is 5.11 Å². The molecule has 0 saturated heterocycles. The highest BCUT2D eigenvalue weighted by Gasteiger charge is 2.23. The molecule has 0 aliphatic heterocycles. The van der Waals surface area contributed by atoms with Gasteiger partial charge in [-0.3, -0.25) is 14.6 Å². The average Bonchev–Trinajstić information content (AvgIpc) is 2.59. The van der Waals surface area contributed by atoms with Crippen molar-refractivity contribution in [2.75, 3.05) is 0 Å². The van der Waals surface area contributed by atoms with Crippen molar-refractivity contribution in [3.8, 4) is 11.4 Å². The molecule has 2 aromatic rings. The molecule has 26 heavy (non-hydrogen) atoms. The minimum absolute atomic E-state index is 0.00827. The largest absolute Gasteiger partial charge is 0.480 e. The van der Waals surface area contributed by atoms with Crippen LogP contribution < -0.4 is 10.9 Å². The standard InChI is InChI=1S/C18H22N4O4/c1-10(2)15(18(25)26)21-14(23)7-6-13-11(3)20-16(22-17(13)24)12-5-4-8-19-9-12/h4-5,8-10,15H,6-7H2,1-3H3,(H,21,23)(H,25,26)(H,20,22,24)/t15-/m1/s1. The van der Waals surface area contributed by atoms with Gasteiger partial charge in [0.05, 0.1) is 0 Å². The maximum Gasteiger partial charge on any atom is 0.326 e. The van der Waals surface area contributed by atoms with Crippen LogP contribution in [-0.2, 0) is 16.0 Å². The third-order valence-electron chi connectivity index (χ3n) is 4.01. The molecule has 0 saturated carbocycles. The number of aliphatic carboxylic acids is 1. The summed E-state index contributed by atoms with van der Waals surface area (Å²) in [5, 5.41) is 11.6. The smallest absolute Gasteiger partial charge is 0.326 e. The van der Waals surface area contributed by atoms with Crippen LogP contribution in [0.3, 0.4) is 0 Å². The predicted molar refractivity (Wildman–Crippen MR) is 95.6 cm³/mol. The van der Waals surface area contributed by atoms with Crippen molar-refractivity contribution in [2.45, 2.75) is 39.7 Å². The zero-order valence-corrected chi connectivity index (χ0v) is 14.9. The molecule has 0 unspecified atom stereocenters. The Morgan fingerprint density at radius 3 is 2.62 bits per heavy atom. The molecule has 138 valence electrons. The van der Waals surface area contributed by atoms with Gasteiger partial charge in [-0.05, 0) is 31.4 Å². The van der Waals surface area contributed by atoms with Crippen molar-refractivity contribution in [1.82, 2.24) is 20.3 Å². The van der Waals surface area contributed by atoms with E-state index in [9.17, 15) is 14.4 Å². The van der Waals surface area contributed by atoms with Crippen LogP contribution in [0.2, 0.25) is 0 Å².